The topological polar surface area (TPSA) is 72.0 Å². The van der Waals surface area contributed by atoms with Gasteiger partial charge in [-0.05, 0) is 30.3 Å². The average molecular weight is 409 g/mol. The summed E-state index contributed by atoms with van der Waals surface area (Å²) in [7, 11) is 0. The third-order valence-electron chi connectivity index (χ3n) is 4.81. The number of hydrogen-bond donors (Lipinski definition) is 2. The molecule has 5 rings (SSSR count). The number of anilines is 3. The first-order valence-electron chi connectivity index (χ1n) is 8.80. The van der Waals surface area contributed by atoms with Crippen LogP contribution in [-0.2, 0) is 6.54 Å². The van der Waals surface area contributed by atoms with Gasteiger partial charge in [-0.1, -0.05) is 23.7 Å². The van der Waals surface area contributed by atoms with Crippen molar-refractivity contribution in [1.29, 1.82) is 0 Å². The van der Waals surface area contributed by atoms with Crippen LogP contribution in [0.4, 0.5) is 16.5 Å². The molecule has 0 unspecified atom stereocenters. The zero-order valence-corrected chi connectivity index (χ0v) is 16.4. The number of aromatic nitrogens is 3. The summed E-state index contributed by atoms with van der Waals surface area (Å²) in [6.45, 7) is 1.45. The number of pyridine rings is 1. The molecule has 0 bridgehead atoms. The quantitative estimate of drug-likeness (QED) is 0.517. The van der Waals surface area contributed by atoms with Gasteiger partial charge in [-0.15, -0.1) is 11.3 Å². The number of benzene rings is 1. The molecule has 0 atom stereocenters. The molecular formula is C20H17ClN6S. The number of nitrogens with zero attached hydrogens (tertiary/aromatic N) is 4. The van der Waals surface area contributed by atoms with E-state index in [-0.39, 0.29) is 0 Å². The van der Waals surface area contributed by atoms with Crippen molar-refractivity contribution in [2.24, 2.45) is 0 Å². The molecule has 4 aromatic rings. The summed E-state index contributed by atoms with van der Waals surface area (Å²) in [5.41, 5.74) is 11.9. The third kappa shape index (κ3) is 2.98. The van der Waals surface area contributed by atoms with Crippen LogP contribution in [0.15, 0.2) is 60.2 Å². The van der Waals surface area contributed by atoms with Gasteiger partial charge in [0.05, 0.1) is 42.2 Å². The Bertz CT molecular complexity index is 1120. The first kappa shape index (κ1) is 17.1. The SMILES string of the molecule is Nc1nc(-c2ccc(-n3c(Cl)cc4c3CN(c3cccnc3)CN4)cc2)cs1. The predicted octanol–water partition coefficient (Wildman–Crippen LogP) is 4.62. The Hall–Kier alpha value is -3.03. The number of rotatable bonds is 3. The molecule has 1 aliphatic heterocycles. The Morgan fingerprint density at radius 1 is 1.14 bits per heavy atom. The maximum Gasteiger partial charge on any atom is 0.180 e. The van der Waals surface area contributed by atoms with E-state index in [1.807, 2.05) is 35.8 Å². The van der Waals surface area contributed by atoms with Gasteiger partial charge in [-0.25, -0.2) is 4.98 Å². The van der Waals surface area contributed by atoms with Crippen molar-refractivity contribution in [1.82, 2.24) is 14.5 Å². The molecule has 0 saturated carbocycles. The molecule has 0 aliphatic carbocycles. The molecule has 0 amide bonds. The molecular weight excluding hydrogens is 392 g/mol. The lowest BCUT2D eigenvalue weighted by molar-refractivity contribution is 0.766. The summed E-state index contributed by atoms with van der Waals surface area (Å²) in [5.74, 6) is 0. The van der Waals surface area contributed by atoms with E-state index in [4.69, 9.17) is 17.3 Å². The second kappa shape index (κ2) is 6.85. The Labute approximate surface area is 171 Å². The predicted molar refractivity (Wildman–Crippen MR) is 115 cm³/mol. The van der Waals surface area contributed by atoms with Crippen molar-refractivity contribution >= 4 is 39.4 Å². The summed E-state index contributed by atoms with van der Waals surface area (Å²) in [4.78, 5) is 10.8. The van der Waals surface area contributed by atoms with Gasteiger partial charge < -0.3 is 20.5 Å². The van der Waals surface area contributed by atoms with Crippen LogP contribution in [0.3, 0.4) is 0 Å². The number of hydrogen-bond acceptors (Lipinski definition) is 6. The van der Waals surface area contributed by atoms with Crippen LogP contribution in [0.25, 0.3) is 16.9 Å². The molecule has 6 nitrogen and oxygen atoms in total. The fraction of sp³-hybridized carbons (Fsp3) is 0.100. The Balaban J connectivity index is 1.49. The maximum absolute atomic E-state index is 6.59. The lowest BCUT2D eigenvalue weighted by atomic mass is 10.1. The van der Waals surface area contributed by atoms with Crippen LogP contribution in [0.2, 0.25) is 5.15 Å². The van der Waals surface area contributed by atoms with Gasteiger partial charge in [0.1, 0.15) is 5.15 Å². The van der Waals surface area contributed by atoms with Crippen molar-refractivity contribution in [3.63, 3.8) is 0 Å². The number of halogens is 1. The van der Waals surface area contributed by atoms with E-state index in [2.05, 4.69) is 43.0 Å². The highest BCUT2D eigenvalue weighted by Crippen LogP contribution is 2.34. The maximum atomic E-state index is 6.59. The Kier molecular flexibility index (Phi) is 4.18. The largest absolute Gasteiger partial charge is 0.375 e. The molecule has 1 aromatic carbocycles. The first-order valence-corrected chi connectivity index (χ1v) is 10.1. The van der Waals surface area contributed by atoms with Crippen LogP contribution in [0, 0.1) is 0 Å². The standard InChI is InChI=1S/C20H17ClN6S/c21-19-8-16-18(10-26(12-24-16)15-2-1-7-23-9-15)27(19)14-5-3-13(4-6-14)17-11-28-20(22)25-17/h1-9,11,24H,10,12H2,(H2,22,25). The van der Waals surface area contributed by atoms with Crippen molar-refractivity contribution in [2.45, 2.75) is 6.54 Å². The minimum atomic E-state index is 0.572. The molecule has 0 fully saturated rings. The summed E-state index contributed by atoms with van der Waals surface area (Å²) >= 11 is 8.03. The monoisotopic (exact) mass is 408 g/mol. The zero-order chi connectivity index (χ0) is 19.1. The van der Waals surface area contributed by atoms with Crippen LogP contribution in [-0.4, -0.2) is 21.2 Å². The zero-order valence-electron chi connectivity index (χ0n) is 14.8. The van der Waals surface area contributed by atoms with E-state index in [0.29, 0.717) is 17.0 Å². The van der Waals surface area contributed by atoms with Gasteiger partial charge in [-0.3, -0.25) is 4.98 Å². The molecule has 0 radical (unpaired) electrons. The second-order valence-corrected chi connectivity index (χ2v) is 7.80. The third-order valence-corrected chi connectivity index (χ3v) is 5.77. The van der Waals surface area contributed by atoms with Crippen LogP contribution < -0.4 is 16.0 Å². The van der Waals surface area contributed by atoms with E-state index in [0.717, 1.165) is 40.6 Å². The average Bonchev–Trinajstić information content (AvgIpc) is 3.30. The minimum absolute atomic E-state index is 0.572. The summed E-state index contributed by atoms with van der Waals surface area (Å²) < 4.78 is 2.08. The van der Waals surface area contributed by atoms with Gasteiger partial charge in [0, 0.05) is 22.8 Å². The highest BCUT2D eigenvalue weighted by molar-refractivity contribution is 7.13. The highest BCUT2D eigenvalue weighted by atomic mass is 35.5. The van der Waals surface area contributed by atoms with Crippen LogP contribution in [0.1, 0.15) is 5.69 Å². The molecule has 0 spiro atoms. The van der Waals surface area contributed by atoms with Gasteiger partial charge in [0.25, 0.3) is 0 Å². The number of nitrogens with two attached hydrogens (primary N) is 1. The van der Waals surface area contributed by atoms with Crippen LogP contribution >= 0.6 is 22.9 Å². The molecule has 140 valence electrons. The lowest BCUT2D eigenvalue weighted by Crippen LogP contribution is -2.34. The number of nitrogen functional groups attached to an aromatic ring is 1. The van der Waals surface area contributed by atoms with Crippen molar-refractivity contribution in [3.8, 4) is 16.9 Å². The molecule has 3 N–H and O–H groups in total. The second-order valence-electron chi connectivity index (χ2n) is 6.52. The van der Waals surface area contributed by atoms with Crippen LogP contribution in [0.5, 0.6) is 0 Å². The number of nitrogens with one attached hydrogen (secondary N) is 1. The molecule has 28 heavy (non-hydrogen) atoms. The Morgan fingerprint density at radius 2 is 2.00 bits per heavy atom. The molecule has 4 heterocycles. The smallest absolute Gasteiger partial charge is 0.180 e. The van der Waals surface area contributed by atoms with Crippen molar-refractivity contribution < 1.29 is 0 Å². The number of thiazole rings is 1. The van der Waals surface area contributed by atoms with Gasteiger partial charge in [-0.2, -0.15) is 0 Å². The number of fused-ring (bicyclic) bond motifs is 1. The molecule has 0 saturated heterocycles. The Morgan fingerprint density at radius 3 is 2.71 bits per heavy atom. The van der Waals surface area contributed by atoms with Gasteiger partial charge in [0.15, 0.2) is 5.13 Å². The highest BCUT2D eigenvalue weighted by Gasteiger charge is 2.23. The minimum Gasteiger partial charge on any atom is -0.375 e. The van der Waals surface area contributed by atoms with Crippen molar-refractivity contribution in [3.05, 3.63) is 71.1 Å². The van der Waals surface area contributed by atoms with E-state index in [9.17, 15) is 0 Å². The van der Waals surface area contributed by atoms with E-state index in [1.165, 1.54) is 11.3 Å². The first-order chi connectivity index (χ1) is 13.7. The molecule has 1 aliphatic rings. The van der Waals surface area contributed by atoms with E-state index >= 15 is 0 Å². The van der Waals surface area contributed by atoms with Gasteiger partial charge in [0.2, 0.25) is 0 Å². The van der Waals surface area contributed by atoms with E-state index < -0.39 is 0 Å². The lowest BCUT2D eigenvalue weighted by Gasteiger charge is -2.31. The summed E-state index contributed by atoms with van der Waals surface area (Å²) in [5, 5.41) is 6.66. The molecule has 3 aromatic heterocycles. The fourth-order valence-electron chi connectivity index (χ4n) is 3.45. The normalized spacial score (nSPS) is 13.2. The summed E-state index contributed by atoms with van der Waals surface area (Å²) in [6, 6.07) is 14.2. The fourth-order valence-corrected chi connectivity index (χ4v) is 4.33. The van der Waals surface area contributed by atoms with Gasteiger partial charge >= 0.3 is 0 Å². The van der Waals surface area contributed by atoms with Crippen molar-refractivity contribution in [2.75, 3.05) is 22.6 Å². The summed E-state index contributed by atoms with van der Waals surface area (Å²) in [6.07, 6.45) is 3.65. The van der Waals surface area contributed by atoms with E-state index in [1.54, 1.807) is 6.20 Å². The molecule has 8 heteroatoms.